The van der Waals surface area contributed by atoms with Crippen LogP contribution in [0.15, 0.2) is 66.7 Å². The summed E-state index contributed by atoms with van der Waals surface area (Å²) < 4.78 is 31.9. The molecule has 6 nitrogen and oxygen atoms in total. The second-order valence-corrected chi connectivity index (χ2v) is 10.0. The van der Waals surface area contributed by atoms with Crippen LogP contribution in [-0.4, -0.2) is 33.7 Å². The molecule has 3 rings (SSSR count). The Bertz CT molecular complexity index is 1220. The number of para-hydroxylation sites is 1. The highest BCUT2D eigenvalue weighted by Gasteiger charge is 2.18. The van der Waals surface area contributed by atoms with Gasteiger partial charge in [0.25, 0.3) is 5.91 Å². The van der Waals surface area contributed by atoms with Crippen LogP contribution in [0.4, 0.5) is 5.69 Å². The zero-order valence-electron chi connectivity index (χ0n) is 19.5. The fourth-order valence-corrected chi connectivity index (χ4v) is 4.23. The maximum atomic E-state index is 12.4. The van der Waals surface area contributed by atoms with Crippen molar-refractivity contribution in [3.8, 4) is 5.75 Å². The van der Waals surface area contributed by atoms with Crippen LogP contribution >= 0.6 is 0 Å². The van der Waals surface area contributed by atoms with Gasteiger partial charge in [-0.1, -0.05) is 36.4 Å². The normalized spacial score (nSPS) is 11.2. The van der Waals surface area contributed by atoms with Gasteiger partial charge >= 0.3 is 0 Å². The van der Waals surface area contributed by atoms with Crippen molar-refractivity contribution in [1.82, 2.24) is 5.32 Å². The Hall–Kier alpha value is -3.32. The van der Waals surface area contributed by atoms with Crippen LogP contribution in [0.25, 0.3) is 0 Å². The first-order chi connectivity index (χ1) is 15.6. The van der Waals surface area contributed by atoms with Crippen molar-refractivity contribution in [2.75, 3.05) is 23.7 Å². The molecule has 174 valence electrons. The second kappa shape index (κ2) is 10.5. The summed E-state index contributed by atoms with van der Waals surface area (Å²) in [5, 5.41) is 2.84. The smallest absolute Gasteiger partial charge is 0.251 e. The molecule has 3 aromatic carbocycles. The van der Waals surface area contributed by atoms with E-state index in [1.54, 1.807) is 24.3 Å². The van der Waals surface area contributed by atoms with E-state index in [2.05, 4.69) is 5.32 Å². The van der Waals surface area contributed by atoms with Crippen molar-refractivity contribution in [2.45, 2.75) is 27.3 Å². The lowest BCUT2D eigenvalue weighted by Crippen LogP contribution is -2.29. The average molecular weight is 467 g/mol. The van der Waals surface area contributed by atoms with Crippen LogP contribution in [0.2, 0.25) is 0 Å². The van der Waals surface area contributed by atoms with Gasteiger partial charge in [0.2, 0.25) is 10.0 Å². The lowest BCUT2D eigenvalue weighted by atomic mass is 10.1. The molecule has 0 aliphatic heterocycles. The zero-order valence-corrected chi connectivity index (χ0v) is 20.3. The zero-order chi connectivity index (χ0) is 24.0. The Morgan fingerprint density at radius 3 is 2.24 bits per heavy atom. The second-order valence-electron chi connectivity index (χ2n) is 8.10. The molecule has 3 aromatic rings. The van der Waals surface area contributed by atoms with Crippen molar-refractivity contribution in [1.29, 1.82) is 0 Å². The lowest BCUT2D eigenvalue weighted by molar-refractivity contribution is 0.0947. The van der Waals surface area contributed by atoms with Gasteiger partial charge in [0, 0.05) is 5.56 Å². The summed E-state index contributed by atoms with van der Waals surface area (Å²) in [6.07, 6.45) is 1.20. The molecule has 33 heavy (non-hydrogen) atoms. The molecule has 0 radical (unpaired) electrons. The van der Waals surface area contributed by atoms with Crippen molar-refractivity contribution in [3.05, 3.63) is 94.5 Å². The third kappa shape index (κ3) is 6.58. The minimum absolute atomic E-state index is 0.188. The molecule has 0 aromatic heterocycles. The van der Waals surface area contributed by atoms with E-state index in [-0.39, 0.29) is 12.5 Å². The number of benzene rings is 3. The third-order valence-corrected chi connectivity index (χ3v) is 6.60. The number of sulfonamides is 1. The first kappa shape index (κ1) is 24.3. The fourth-order valence-electron chi connectivity index (χ4n) is 3.35. The van der Waals surface area contributed by atoms with Gasteiger partial charge in [-0.15, -0.1) is 0 Å². The molecule has 7 heteroatoms. The molecule has 0 saturated carbocycles. The summed E-state index contributed by atoms with van der Waals surface area (Å²) in [6.45, 7) is 6.85. The minimum Gasteiger partial charge on any atom is -0.491 e. The average Bonchev–Trinajstić information content (AvgIpc) is 2.77. The number of aryl methyl sites for hydroxylation is 3. The van der Waals surface area contributed by atoms with Crippen LogP contribution in [0.1, 0.15) is 32.6 Å². The number of hydrogen-bond acceptors (Lipinski definition) is 4. The number of anilines is 1. The molecule has 1 amide bonds. The summed E-state index contributed by atoms with van der Waals surface area (Å²) in [5.74, 6) is 0.597. The maximum Gasteiger partial charge on any atom is 0.251 e. The van der Waals surface area contributed by atoms with E-state index in [0.29, 0.717) is 24.4 Å². The topological polar surface area (TPSA) is 75.7 Å². The minimum atomic E-state index is -3.47. The van der Waals surface area contributed by atoms with E-state index in [0.717, 1.165) is 28.0 Å². The number of hydrogen-bond donors (Lipinski definition) is 1. The van der Waals surface area contributed by atoms with Crippen LogP contribution in [0.3, 0.4) is 0 Å². The molecule has 0 aliphatic rings. The van der Waals surface area contributed by atoms with Gasteiger partial charge in [-0.05, 0) is 73.4 Å². The standard InChI is InChI=1S/C26H30N2O4S/c1-19-9-14-24(17-21(19)3)28(33(4,30)31)18-22-10-12-23(13-11-22)26(29)27-15-16-32-25-8-6-5-7-20(25)2/h5-14,17H,15-16,18H2,1-4H3,(H,27,29). The highest BCUT2D eigenvalue weighted by Crippen LogP contribution is 2.23. The van der Waals surface area contributed by atoms with E-state index in [1.165, 1.54) is 10.6 Å². The highest BCUT2D eigenvalue weighted by atomic mass is 32.2. The van der Waals surface area contributed by atoms with E-state index in [1.807, 2.05) is 63.2 Å². The monoisotopic (exact) mass is 466 g/mol. The summed E-state index contributed by atoms with van der Waals surface area (Å²) in [6, 6.07) is 20.3. The fraction of sp³-hybridized carbons (Fsp3) is 0.269. The van der Waals surface area contributed by atoms with Crippen molar-refractivity contribution < 1.29 is 17.9 Å². The molecule has 0 aliphatic carbocycles. The largest absolute Gasteiger partial charge is 0.491 e. The molecule has 0 unspecified atom stereocenters. The first-order valence-electron chi connectivity index (χ1n) is 10.8. The number of nitrogens with zero attached hydrogens (tertiary/aromatic N) is 1. The Kier molecular flexibility index (Phi) is 7.76. The predicted molar refractivity (Wildman–Crippen MR) is 132 cm³/mol. The van der Waals surface area contributed by atoms with Crippen molar-refractivity contribution in [3.63, 3.8) is 0 Å². The van der Waals surface area contributed by atoms with Gasteiger partial charge in [0.1, 0.15) is 12.4 Å². The summed E-state index contributed by atoms with van der Waals surface area (Å²) in [4.78, 5) is 12.4. The van der Waals surface area contributed by atoms with Crippen LogP contribution < -0.4 is 14.4 Å². The number of carbonyl (C=O) groups is 1. The molecule has 0 saturated heterocycles. The van der Waals surface area contributed by atoms with E-state index < -0.39 is 10.0 Å². The maximum absolute atomic E-state index is 12.4. The summed E-state index contributed by atoms with van der Waals surface area (Å²) >= 11 is 0. The van der Waals surface area contributed by atoms with E-state index in [4.69, 9.17) is 4.74 Å². The summed E-state index contributed by atoms with van der Waals surface area (Å²) in [7, 11) is -3.47. The first-order valence-corrected chi connectivity index (χ1v) is 12.6. The molecule has 0 heterocycles. The van der Waals surface area contributed by atoms with Crippen molar-refractivity contribution in [2.24, 2.45) is 0 Å². The number of ether oxygens (including phenoxy) is 1. The number of rotatable bonds is 9. The Morgan fingerprint density at radius 1 is 0.909 bits per heavy atom. The SMILES string of the molecule is Cc1ccc(N(Cc2ccc(C(=O)NCCOc3ccccc3C)cc2)S(C)(=O)=O)cc1C. The quantitative estimate of drug-likeness (QED) is 0.475. The molecular weight excluding hydrogens is 436 g/mol. The Labute approximate surface area is 196 Å². The molecule has 0 fully saturated rings. The van der Waals surface area contributed by atoms with E-state index >= 15 is 0 Å². The summed E-state index contributed by atoms with van der Waals surface area (Å²) in [5.41, 5.74) is 5.09. The van der Waals surface area contributed by atoms with Gasteiger partial charge in [-0.25, -0.2) is 8.42 Å². The number of amides is 1. The molecule has 0 atom stereocenters. The van der Waals surface area contributed by atoms with Gasteiger partial charge in [-0.3, -0.25) is 9.10 Å². The Balaban J connectivity index is 1.60. The molecular formula is C26H30N2O4S. The van der Waals surface area contributed by atoms with Crippen molar-refractivity contribution >= 4 is 21.6 Å². The van der Waals surface area contributed by atoms with Crippen LogP contribution in [0.5, 0.6) is 5.75 Å². The van der Waals surface area contributed by atoms with Crippen LogP contribution in [0, 0.1) is 20.8 Å². The number of nitrogens with one attached hydrogen (secondary N) is 1. The molecule has 0 bridgehead atoms. The predicted octanol–water partition coefficient (Wildman–Crippen LogP) is 4.39. The van der Waals surface area contributed by atoms with Gasteiger partial charge in [0.15, 0.2) is 0 Å². The molecule has 0 spiro atoms. The van der Waals surface area contributed by atoms with Crippen LogP contribution in [-0.2, 0) is 16.6 Å². The molecule has 1 N–H and O–H groups in total. The Morgan fingerprint density at radius 2 is 1.61 bits per heavy atom. The van der Waals surface area contributed by atoms with Gasteiger partial charge < -0.3 is 10.1 Å². The van der Waals surface area contributed by atoms with Gasteiger partial charge in [-0.2, -0.15) is 0 Å². The highest BCUT2D eigenvalue weighted by molar-refractivity contribution is 7.92. The third-order valence-electron chi connectivity index (χ3n) is 5.46. The lowest BCUT2D eigenvalue weighted by Gasteiger charge is -2.23. The van der Waals surface area contributed by atoms with E-state index in [9.17, 15) is 13.2 Å². The number of carbonyl (C=O) groups excluding carboxylic acids is 1. The van der Waals surface area contributed by atoms with Gasteiger partial charge in [0.05, 0.1) is 25.0 Å².